The van der Waals surface area contributed by atoms with Crippen LogP contribution in [-0.4, -0.2) is 16.3 Å². The molecule has 0 saturated carbocycles. The second-order valence-electron chi connectivity index (χ2n) is 4.86. The highest BCUT2D eigenvalue weighted by Crippen LogP contribution is 2.13. The van der Waals surface area contributed by atoms with Crippen molar-refractivity contribution < 1.29 is 0 Å². The highest BCUT2D eigenvalue weighted by molar-refractivity contribution is 5.13. The normalized spacial score (nSPS) is 11.7. The third-order valence-electron chi connectivity index (χ3n) is 2.45. The molecule has 0 aromatic carbocycles. The Hall–Kier alpha value is -0.830. The Morgan fingerprint density at radius 3 is 2.47 bits per heavy atom. The summed E-state index contributed by atoms with van der Waals surface area (Å²) in [5.41, 5.74) is 2.44. The average Bonchev–Trinajstić information content (AvgIpc) is 2.47. The summed E-state index contributed by atoms with van der Waals surface area (Å²) in [4.78, 5) is 0. The summed E-state index contributed by atoms with van der Waals surface area (Å²) in [6.07, 6.45) is 0. The van der Waals surface area contributed by atoms with Gasteiger partial charge in [-0.1, -0.05) is 27.7 Å². The predicted octanol–water partition coefficient (Wildman–Crippen LogP) is 2.29. The van der Waals surface area contributed by atoms with Gasteiger partial charge in [0.05, 0.1) is 11.4 Å². The Morgan fingerprint density at radius 1 is 1.33 bits per heavy atom. The monoisotopic (exact) mass is 209 g/mol. The molecule has 0 unspecified atom stereocenters. The topological polar surface area (TPSA) is 29.9 Å². The molecule has 0 amide bonds. The van der Waals surface area contributed by atoms with Crippen LogP contribution in [0.25, 0.3) is 0 Å². The first-order valence-electron chi connectivity index (χ1n) is 5.74. The van der Waals surface area contributed by atoms with E-state index in [1.165, 1.54) is 11.4 Å². The Bertz CT molecular complexity index is 300. The molecule has 0 aliphatic heterocycles. The fourth-order valence-electron chi connectivity index (χ4n) is 1.47. The molecule has 86 valence electrons. The molecule has 1 rings (SSSR count). The molecule has 3 heteroatoms. The van der Waals surface area contributed by atoms with Crippen LogP contribution in [0.2, 0.25) is 0 Å². The van der Waals surface area contributed by atoms with Gasteiger partial charge in [0, 0.05) is 13.6 Å². The van der Waals surface area contributed by atoms with Crippen molar-refractivity contribution in [2.24, 2.45) is 13.0 Å². The van der Waals surface area contributed by atoms with Gasteiger partial charge in [-0.3, -0.25) is 4.68 Å². The summed E-state index contributed by atoms with van der Waals surface area (Å²) in [5, 5.41) is 7.92. The van der Waals surface area contributed by atoms with Crippen molar-refractivity contribution in [1.82, 2.24) is 15.1 Å². The Labute approximate surface area is 92.9 Å². The van der Waals surface area contributed by atoms with E-state index in [-0.39, 0.29) is 0 Å². The van der Waals surface area contributed by atoms with Crippen molar-refractivity contribution in [3.63, 3.8) is 0 Å². The summed E-state index contributed by atoms with van der Waals surface area (Å²) in [5.74, 6) is 1.21. The molecule has 3 nitrogen and oxygen atoms in total. The van der Waals surface area contributed by atoms with Gasteiger partial charge in [-0.25, -0.2) is 0 Å². The lowest BCUT2D eigenvalue weighted by molar-refractivity contribution is 0.536. The lowest BCUT2D eigenvalue weighted by Gasteiger charge is -2.06. The van der Waals surface area contributed by atoms with Crippen LogP contribution in [0.3, 0.4) is 0 Å². The van der Waals surface area contributed by atoms with E-state index in [0.717, 1.165) is 13.1 Å². The lowest BCUT2D eigenvalue weighted by Crippen LogP contribution is -2.20. The number of hydrogen-bond acceptors (Lipinski definition) is 2. The molecule has 0 radical (unpaired) electrons. The number of aryl methyl sites for hydroxylation is 1. The van der Waals surface area contributed by atoms with E-state index in [1.807, 2.05) is 11.7 Å². The number of hydrogen-bond donors (Lipinski definition) is 1. The van der Waals surface area contributed by atoms with Gasteiger partial charge < -0.3 is 5.32 Å². The summed E-state index contributed by atoms with van der Waals surface area (Å²) >= 11 is 0. The zero-order valence-electron chi connectivity index (χ0n) is 10.5. The molecule has 0 spiro atoms. The SMILES string of the molecule is CC(C)CNCc1cc(C(C)C)nn1C. The minimum atomic E-state index is 0.509. The maximum Gasteiger partial charge on any atom is 0.0653 e. The molecule has 15 heavy (non-hydrogen) atoms. The molecule has 0 saturated heterocycles. The van der Waals surface area contributed by atoms with Gasteiger partial charge in [0.1, 0.15) is 0 Å². The standard InChI is InChI=1S/C12H23N3/c1-9(2)7-13-8-11-6-12(10(3)4)14-15(11)5/h6,9-10,13H,7-8H2,1-5H3. The van der Waals surface area contributed by atoms with E-state index in [0.29, 0.717) is 11.8 Å². The molecular weight excluding hydrogens is 186 g/mol. The predicted molar refractivity (Wildman–Crippen MR) is 63.8 cm³/mol. The first-order valence-corrected chi connectivity index (χ1v) is 5.74. The van der Waals surface area contributed by atoms with Gasteiger partial charge in [-0.05, 0) is 24.4 Å². The Morgan fingerprint density at radius 2 is 2.00 bits per heavy atom. The first-order chi connectivity index (χ1) is 7.00. The van der Waals surface area contributed by atoms with Gasteiger partial charge >= 0.3 is 0 Å². The van der Waals surface area contributed by atoms with Crippen molar-refractivity contribution in [1.29, 1.82) is 0 Å². The van der Waals surface area contributed by atoms with Gasteiger partial charge in [0.25, 0.3) is 0 Å². The largest absolute Gasteiger partial charge is 0.311 e. The Kier molecular flexibility index (Phi) is 4.33. The maximum absolute atomic E-state index is 4.48. The average molecular weight is 209 g/mol. The molecule has 0 fully saturated rings. The van der Waals surface area contributed by atoms with Crippen LogP contribution in [0.5, 0.6) is 0 Å². The number of aromatic nitrogens is 2. The van der Waals surface area contributed by atoms with E-state index in [2.05, 4.69) is 44.2 Å². The van der Waals surface area contributed by atoms with Crippen LogP contribution < -0.4 is 5.32 Å². The van der Waals surface area contributed by atoms with Crippen molar-refractivity contribution in [2.45, 2.75) is 40.2 Å². The van der Waals surface area contributed by atoms with Crippen LogP contribution in [0.1, 0.15) is 45.0 Å². The molecule has 1 N–H and O–H groups in total. The molecule has 0 aliphatic rings. The highest BCUT2D eigenvalue weighted by atomic mass is 15.3. The minimum absolute atomic E-state index is 0.509. The molecule has 1 aromatic rings. The third kappa shape index (κ3) is 3.67. The third-order valence-corrected chi connectivity index (χ3v) is 2.45. The van der Waals surface area contributed by atoms with E-state index in [4.69, 9.17) is 0 Å². The molecule has 1 heterocycles. The second-order valence-corrected chi connectivity index (χ2v) is 4.86. The zero-order valence-corrected chi connectivity index (χ0v) is 10.5. The van der Waals surface area contributed by atoms with Crippen LogP contribution >= 0.6 is 0 Å². The highest BCUT2D eigenvalue weighted by Gasteiger charge is 2.07. The van der Waals surface area contributed by atoms with E-state index in [9.17, 15) is 0 Å². The molecule has 0 aliphatic carbocycles. The quantitative estimate of drug-likeness (QED) is 0.806. The second kappa shape index (κ2) is 5.31. The Balaban J connectivity index is 2.53. The van der Waals surface area contributed by atoms with Crippen molar-refractivity contribution in [2.75, 3.05) is 6.54 Å². The van der Waals surface area contributed by atoms with Crippen molar-refractivity contribution >= 4 is 0 Å². The minimum Gasteiger partial charge on any atom is -0.311 e. The van der Waals surface area contributed by atoms with E-state index in [1.54, 1.807) is 0 Å². The lowest BCUT2D eigenvalue weighted by atomic mass is 10.1. The molecule has 0 atom stereocenters. The fraction of sp³-hybridized carbons (Fsp3) is 0.750. The summed E-state index contributed by atoms with van der Waals surface area (Å²) in [6.45, 7) is 10.8. The number of nitrogens with zero attached hydrogens (tertiary/aromatic N) is 2. The summed E-state index contributed by atoms with van der Waals surface area (Å²) in [6, 6.07) is 2.19. The number of nitrogens with one attached hydrogen (secondary N) is 1. The van der Waals surface area contributed by atoms with Crippen molar-refractivity contribution in [3.8, 4) is 0 Å². The van der Waals surface area contributed by atoms with Crippen LogP contribution in [0.15, 0.2) is 6.07 Å². The fourth-order valence-corrected chi connectivity index (χ4v) is 1.47. The zero-order chi connectivity index (χ0) is 11.4. The maximum atomic E-state index is 4.48. The van der Waals surface area contributed by atoms with Crippen LogP contribution in [0.4, 0.5) is 0 Å². The smallest absolute Gasteiger partial charge is 0.0653 e. The molecule has 1 aromatic heterocycles. The van der Waals surface area contributed by atoms with Crippen LogP contribution in [-0.2, 0) is 13.6 Å². The van der Waals surface area contributed by atoms with E-state index >= 15 is 0 Å². The molecule has 0 bridgehead atoms. The summed E-state index contributed by atoms with van der Waals surface area (Å²) in [7, 11) is 2.01. The van der Waals surface area contributed by atoms with E-state index < -0.39 is 0 Å². The van der Waals surface area contributed by atoms with Gasteiger partial charge in [-0.15, -0.1) is 0 Å². The van der Waals surface area contributed by atoms with Gasteiger partial charge in [0.2, 0.25) is 0 Å². The van der Waals surface area contributed by atoms with Crippen LogP contribution in [0, 0.1) is 5.92 Å². The first kappa shape index (κ1) is 12.2. The number of rotatable bonds is 5. The summed E-state index contributed by atoms with van der Waals surface area (Å²) < 4.78 is 1.97. The van der Waals surface area contributed by atoms with Crippen molar-refractivity contribution in [3.05, 3.63) is 17.5 Å². The molecular formula is C12H23N3. The van der Waals surface area contributed by atoms with Gasteiger partial charge in [-0.2, -0.15) is 5.10 Å². The van der Waals surface area contributed by atoms with Gasteiger partial charge in [0.15, 0.2) is 0 Å².